The Morgan fingerprint density at radius 3 is 2.72 bits per heavy atom. The van der Waals surface area contributed by atoms with Crippen molar-refractivity contribution in [1.82, 2.24) is 14.9 Å². The molecule has 0 radical (unpaired) electrons. The van der Waals surface area contributed by atoms with Gasteiger partial charge in [0.05, 0.1) is 22.9 Å². The van der Waals surface area contributed by atoms with Gasteiger partial charge in [0.1, 0.15) is 5.75 Å². The lowest BCUT2D eigenvalue weighted by Crippen LogP contribution is -1.96. The third kappa shape index (κ3) is 3.92. The van der Waals surface area contributed by atoms with Gasteiger partial charge in [-0.05, 0) is 49.5 Å². The molecule has 3 aromatic rings. The van der Waals surface area contributed by atoms with Gasteiger partial charge in [-0.3, -0.25) is 0 Å². The topological polar surface area (TPSA) is 55.2 Å². The van der Waals surface area contributed by atoms with Crippen molar-refractivity contribution >= 4 is 41.6 Å². The van der Waals surface area contributed by atoms with Gasteiger partial charge in [-0.25, -0.2) is 5.10 Å². The summed E-state index contributed by atoms with van der Waals surface area (Å²) in [7, 11) is 0. The lowest BCUT2D eigenvalue weighted by atomic mass is 10.2. The first-order valence-corrected chi connectivity index (χ1v) is 8.65. The van der Waals surface area contributed by atoms with E-state index in [9.17, 15) is 0 Å². The number of benzene rings is 2. The highest BCUT2D eigenvalue weighted by molar-refractivity contribution is 7.71. The molecule has 0 atom stereocenters. The molecule has 1 aromatic heterocycles. The molecule has 1 N–H and O–H groups in total. The number of rotatable bonds is 5. The van der Waals surface area contributed by atoms with Gasteiger partial charge in [0.15, 0.2) is 5.82 Å². The number of nitrogens with zero attached hydrogens (tertiary/aromatic N) is 3. The van der Waals surface area contributed by atoms with Crippen LogP contribution < -0.4 is 4.74 Å². The number of aromatic nitrogens is 3. The van der Waals surface area contributed by atoms with Gasteiger partial charge in [-0.1, -0.05) is 35.3 Å². The maximum absolute atomic E-state index is 6.18. The summed E-state index contributed by atoms with van der Waals surface area (Å²) in [6.45, 7) is 2.55. The second kappa shape index (κ2) is 7.82. The van der Waals surface area contributed by atoms with Gasteiger partial charge in [-0.15, -0.1) is 0 Å². The van der Waals surface area contributed by atoms with E-state index in [0.717, 1.165) is 11.3 Å². The van der Waals surface area contributed by atoms with Crippen LogP contribution in [-0.2, 0) is 0 Å². The molecule has 3 rings (SSSR count). The molecule has 25 heavy (non-hydrogen) atoms. The Hall–Kier alpha value is -2.15. The van der Waals surface area contributed by atoms with Crippen LogP contribution in [-0.4, -0.2) is 27.7 Å². The van der Waals surface area contributed by atoms with Crippen molar-refractivity contribution in [2.24, 2.45) is 5.10 Å². The quantitative estimate of drug-likeness (QED) is 0.479. The van der Waals surface area contributed by atoms with Gasteiger partial charge < -0.3 is 4.74 Å². The minimum atomic E-state index is 0.373. The van der Waals surface area contributed by atoms with Crippen LogP contribution in [0.4, 0.5) is 0 Å². The summed E-state index contributed by atoms with van der Waals surface area (Å²) in [6, 6.07) is 12.9. The first-order valence-electron chi connectivity index (χ1n) is 7.49. The summed E-state index contributed by atoms with van der Waals surface area (Å²) in [5, 5.41) is 12.3. The Balaban J connectivity index is 1.95. The number of H-pyrrole nitrogens is 1. The standard InChI is InChI=1S/C17H14Cl2N4OS/c1-2-24-13-8-6-11(7-9-13)16-21-22-17(25)23(16)20-10-12-4-3-5-14(18)15(12)19/h3-10H,2H2,1H3,(H,22,25)/b20-10+. The van der Waals surface area contributed by atoms with Gasteiger partial charge >= 0.3 is 0 Å². The minimum Gasteiger partial charge on any atom is -0.494 e. The third-order valence-electron chi connectivity index (χ3n) is 3.37. The van der Waals surface area contributed by atoms with E-state index in [1.54, 1.807) is 18.3 Å². The van der Waals surface area contributed by atoms with E-state index in [2.05, 4.69) is 15.3 Å². The van der Waals surface area contributed by atoms with E-state index in [-0.39, 0.29) is 0 Å². The molecular formula is C17H14Cl2N4OS. The molecule has 2 aromatic carbocycles. The Morgan fingerprint density at radius 1 is 1.24 bits per heavy atom. The fourth-order valence-corrected chi connectivity index (χ4v) is 2.73. The molecule has 0 aliphatic carbocycles. The number of aromatic amines is 1. The number of hydrogen-bond acceptors (Lipinski definition) is 4. The zero-order valence-electron chi connectivity index (χ0n) is 13.2. The van der Waals surface area contributed by atoms with Crippen molar-refractivity contribution in [3.63, 3.8) is 0 Å². The van der Waals surface area contributed by atoms with Crippen LogP contribution in [0.5, 0.6) is 5.75 Å². The van der Waals surface area contributed by atoms with Crippen LogP contribution in [0.2, 0.25) is 10.0 Å². The molecule has 0 bridgehead atoms. The van der Waals surface area contributed by atoms with Crippen molar-refractivity contribution in [1.29, 1.82) is 0 Å². The second-order valence-electron chi connectivity index (χ2n) is 5.01. The van der Waals surface area contributed by atoms with E-state index in [4.69, 9.17) is 40.2 Å². The van der Waals surface area contributed by atoms with Crippen LogP contribution in [0.3, 0.4) is 0 Å². The van der Waals surface area contributed by atoms with Crippen molar-refractivity contribution in [2.45, 2.75) is 6.92 Å². The monoisotopic (exact) mass is 392 g/mol. The number of halogens is 2. The van der Waals surface area contributed by atoms with E-state index < -0.39 is 0 Å². The Labute approximate surface area is 159 Å². The predicted molar refractivity (Wildman–Crippen MR) is 103 cm³/mol. The average molecular weight is 393 g/mol. The van der Waals surface area contributed by atoms with Crippen LogP contribution in [0.15, 0.2) is 47.6 Å². The molecular weight excluding hydrogens is 379 g/mol. The SMILES string of the molecule is CCOc1ccc(-c2n[nH]c(=S)n2/N=C/c2cccc(Cl)c2Cl)cc1. The molecule has 0 aliphatic rings. The van der Waals surface area contributed by atoms with Crippen LogP contribution in [0.25, 0.3) is 11.4 Å². The highest BCUT2D eigenvalue weighted by atomic mass is 35.5. The molecule has 0 spiro atoms. The number of hydrogen-bond donors (Lipinski definition) is 1. The lowest BCUT2D eigenvalue weighted by molar-refractivity contribution is 0.340. The maximum atomic E-state index is 6.18. The molecule has 1 heterocycles. The summed E-state index contributed by atoms with van der Waals surface area (Å²) < 4.78 is 7.35. The average Bonchev–Trinajstić information content (AvgIpc) is 2.98. The van der Waals surface area contributed by atoms with Gasteiger partial charge in [0.25, 0.3) is 0 Å². The predicted octanol–water partition coefficient (Wildman–Crippen LogP) is 5.20. The first kappa shape index (κ1) is 17.7. The molecule has 0 aliphatic heterocycles. The van der Waals surface area contributed by atoms with Crippen molar-refractivity contribution in [3.8, 4) is 17.1 Å². The molecule has 8 heteroatoms. The second-order valence-corrected chi connectivity index (χ2v) is 6.18. The normalized spacial score (nSPS) is 11.2. The van der Waals surface area contributed by atoms with E-state index in [0.29, 0.717) is 32.8 Å². The fraction of sp³-hybridized carbons (Fsp3) is 0.118. The Bertz CT molecular complexity index is 964. The molecule has 0 unspecified atom stereocenters. The van der Waals surface area contributed by atoms with Crippen molar-refractivity contribution < 1.29 is 4.74 Å². The molecule has 5 nitrogen and oxygen atoms in total. The lowest BCUT2D eigenvalue weighted by Gasteiger charge is -2.05. The zero-order chi connectivity index (χ0) is 17.8. The summed E-state index contributed by atoms with van der Waals surface area (Å²) in [6.07, 6.45) is 1.59. The van der Waals surface area contributed by atoms with E-state index in [1.807, 2.05) is 37.3 Å². The largest absolute Gasteiger partial charge is 0.494 e. The highest BCUT2D eigenvalue weighted by Crippen LogP contribution is 2.25. The molecule has 0 saturated carbocycles. The first-order chi connectivity index (χ1) is 12.1. The van der Waals surface area contributed by atoms with Crippen LogP contribution in [0, 0.1) is 4.77 Å². The summed E-state index contributed by atoms with van der Waals surface area (Å²) >= 11 is 17.5. The maximum Gasteiger partial charge on any atom is 0.216 e. The Morgan fingerprint density at radius 2 is 2.00 bits per heavy atom. The van der Waals surface area contributed by atoms with Crippen LogP contribution in [0.1, 0.15) is 12.5 Å². The highest BCUT2D eigenvalue weighted by Gasteiger charge is 2.09. The van der Waals surface area contributed by atoms with Crippen molar-refractivity contribution in [3.05, 3.63) is 62.8 Å². The number of nitrogens with one attached hydrogen (secondary N) is 1. The summed E-state index contributed by atoms with van der Waals surface area (Å²) in [5.41, 5.74) is 1.54. The van der Waals surface area contributed by atoms with Gasteiger partial charge in [0, 0.05) is 11.1 Å². The smallest absolute Gasteiger partial charge is 0.216 e. The molecule has 0 saturated heterocycles. The van der Waals surface area contributed by atoms with E-state index >= 15 is 0 Å². The van der Waals surface area contributed by atoms with Crippen molar-refractivity contribution in [2.75, 3.05) is 6.61 Å². The molecule has 0 amide bonds. The Kier molecular flexibility index (Phi) is 5.53. The van der Waals surface area contributed by atoms with Gasteiger partial charge in [-0.2, -0.15) is 14.9 Å². The molecule has 128 valence electrons. The van der Waals surface area contributed by atoms with Gasteiger partial charge in [0.2, 0.25) is 4.77 Å². The summed E-state index contributed by atoms with van der Waals surface area (Å²) in [4.78, 5) is 0. The fourth-order valence-electron chi connectivity index (χ4n) is 2.19. The minimum absolute atomic E-state index is 0.373. The number of ether oxygens (including phenoxy) is 1. The molecule has 0 fully saturated rings. The summed E-state index contributed by atoms with van der Waals surface area (Å²) in [5.74, 6) is 1.38. The zero-order valence-corrected chi connectivity index (χ0v) is 15.6. The van der Waals surface area contributed by atoms with E-state index in [1.165, 1.54) is 4.68 Å². The third-order valence-corrected chi connectivity index (χ3v) is 4.47. The van der Waals surface area contributed by atoms with Crippen LogP contribution >= 0.6 is 35.4 Å².